The Labute approximate surface area is 169 Å². The molecule has 0 spiro atoms. The largest absolute Gasteiger partial charge is 0.444 e. The van der Waals surface area contributed by atoms with Crippen molar-refractivity contribution in [3.8, 4) is 12.3 Å². The third-order valence-electron chi connectivity index (χ3n) is 4.71. The lowest BCUT2D eigenvalue weighted by Crippen LogP contribution is -2.35. The lowest BCUT2D eigenvalue weighted by Gasteiger charge is -2.24. The van der Waals surface area contributed by atoms with Gasteiger partial charge in [-0.15, -0.1) is 6.42 Å². The summed E-state index contributed by atoms with van der Waals surface area (Å²) in [7, 11) is 0. The maximum atomic E-state index is 12.5. The number of hydrogen-bond acceptors (Lipinski definition) is 5. The van der Waals surface area contributed by atoms with Gasteiger partial charge in [-0.2, -0.15) is 5.10 Å². The number of hydrogen-bond donors (Lipinski definition) is 1. The topological polar surface area (TPSA) is 102 Å². The number of nitrogens with zero attached hydrogens (tertiary/aromatic N) is 4. The molecule has 0 unspecified atom stereocenters. The number of carbonyl (C=O) groups excluding carboxylic acids is 2. The van der Waals surface area contributed by atoms with Gasteiger partial charge in [0.2, 0.25) is 0 Å². The summed E-state index contributed by atoms with van der Waals surface area (Å²) in [5, 5.41) is 4.20. The average molecular weight is 395 g/mol. The van der Waals surface area contributed by atoms with E-state index in [2.05, 4.69) is 11.0 Å². The fourth-order valence-corrected chi connectivity index (χ4v) is 3.28. The van der Waals surface area contributed by atoms with Crippen LogP contribution in [-0.2, 0) is 4.74 Å². The highest BCUT2D eigenvalue weighted by molar-refractivity contribution is 6.04. The summed E-state index contributed by atoms with van der Waals surface area (Å²) in [4.78, 5) is 30.9. The fraction of sp³-hybridized carbons (Fsp3) is 0.429. The number of primary amides is 1. The molecule has 2 aromatic rings. The zero-order chi connectivity index (χ0) is 21.3. The SMILES string of the molecule is C#Cc1cc2c(N=C3CN(C(=O)OC(C)(C)C)C[C@@H]3CC)c(C(N)=O)cnn2c1. The van der Waals surface area contributed by atoms with Gasteiger partial charge in [-0.05, 0) is 33.3 Å². The van der Waals surface area contributed by atoms with Crippen LogP contribution < -0.4 is 5.73 Å². The second kappa shape index (κ2) is 7.59. The molecule has 1 fully saturated rings. The molecule has 2 aromatic heterocycles. The standard InChI is InChI=1S/C21H25N5O3/c1-6-13-8-17-18(15(19(22)27)9-23-26(17)10-13)24-16-12-25(11-14(16)7-2)20(28)29-21(3,4)5/h1,8-10,14H,7,11-12H2,2-5H3,(H2,22,27)/t14-/m0/s1. The first-order valence-corrected chi connectivity index (χ1v) is 9.46. The van der Waals surface area contributed by atoms with Crippen LogP contribution in [0, 0.1) is 18.3 Å². The van der Waals surface area contributed by atoms with Crippen LogP contribution in [-0.4, -0.2) is 50.9 Å². The van der Waals surface area contributed by atoms with E-state index in [1.807, 2.05) is 27.7 Å². The van der Waals surface area contributed by atoms with Crippen LogP contribution in [0.4, 0.5) is 10.5 Å². The highest BCUT2D eigenvalue weighted by atomic mass is 16.6. The molecular weight excluding hydrogens is 370 g/mol. The molecule has 152 valence electrons. The van der Waals surface area contributed by atoms with Crippen molar-refractivity contribution in [1.29, 1.82) is 0 Å². The Kier molecular flexibility index (Phi) is 5.33. The van der Waals surface area contributed by atoms with Crippen LogP contribution in [0.5, 0.6) is 0 Å². The van der Waals surface area contributed by atoms with Crippen LogP contribution in [0.25, 0.3) is 5.52 Å². The summed E-state index contributed by atoms with van der Waals surface area (Å²) in [6.07, 6.45) is 8.98. The van der Waals surface area contributed by atoms with Gasteiger partial charge >= 0.3 is 6.09 Å². The maximum absolute atomic E-state index is 12.5. The molecular formula is C21H25N5O3. The maximum Gasteiger partial charge on any atom is 0.410 e. The number of aliphatic imine (C=N–C) groups is 1. The number of likely N-dealkylation sites (tertiary alicyclic amines) is 1. The molecule has 0 aromatic carbocycles. The van der Waals surface area contributed by atoms with Gasteiger partial charge in [0.1, 0.15) is 11.3 Å². The van der Waals surface area contributed by atoms with Gasteiger partial charge in [0.25, 0.3) is 5.91 Å². The minimum Gasteiger partial charge on any atom is -0.444 e. The van der Waals surface area contributed by atoms with Crippen LogP contribution in [0.1, 0.15) is 50.0 Å². The smallest absolute Gasteiger partial charge is 0.410 e. The van der Waals surface area contributed by atoms with Crippen molar-refractivity contribution in [2.45, 2.75) is 39.7 Å². The number of aromatic nitrogens is 2. The first-order valence-electron chi connectivity index (χ1n) is 9.46. The van der Waals surface area contributed by atoms with Gasteiger partial charge in [-0.3, -0.25) is 9.79 Å². The molecule has 8 heteroatoms. The molecule has 3 heterocycles. The monoisotopic (exact) mass is 395 g/mol. The second-order valence-corrected chi connectivity index (χ2v) is 8.04. The molecule has 29 heavy (non-hydrogen) atoms. The van der Waals surface area contributed by atoms with Crippen molar-refractivity contribution in [3.05, 3.63) is 29.6 Å². The van der Waals surface area contributed by atoms with E-state index >= 15 is 0 Å². The van der Waals surface area contributed by atoms with Crippen molar-refractivity contribution in [3.63, 3.8) is 0 Å². The number of fused-ring (bicyclic) bond motifs is 1. The molecule has 0 bridgehead atoms. The number of nitrogens with two attached hydrogens (primary N) is 1. The fourth-order valence-electron chi connectivity index (χ4n) is 3.28. The van der Waals surface area contributed by atoms with Gasteiger partial charge in [0.05, 0.1) is 23.8 Å². The summed E-state index contributed by atoms with van der Waals surface area (Å²) < 4.78 is 7.06. The van der Waals surface area contributed by atoms with E-state index in [1.54, 1.807) is 21.7 Å². The van der Waals surface area contributed by atoms with Gasteiger partial charge < -0.3 is 15.4 Å². The van der Waals surface area contributed by atoms with E-state index < -0.39 is 11.5 Å². The van der Waals surface area contributed by atoms with Crippen molar-refractivity contribution in [1.82, 2.24) is 14.5 Å². The lowest BCUT2D eigenvalue weighted by atomic mass is 10.0. The molecule has 1 saturated heterocycles. The third kappa shape index (κ3) is 4.24. The molecule has 0 aliphatic carbocycles. The number of rotatable bonds is 3. The Morgan fingerprint density at radius 3 is 2.76 bits per heavy atom. The minimum atomic E-state index is -0.627. The number of carbonyl (C=O) groups is 2. The van der Waals surface area contributed by atoms with Crippen LogP contribution >= 0.6 is 0 Å². The highest BCUT2D eigenvalue weighted by Crippen LogP contribution is 2.29. The number of ether oxygens (including phenoxy) is 1. The van der Waals surface area contributed by atoms with E-state index in [9.17, 15) is 9.59 Å². The minimum absolute atomic E-state index is 0.0542. The molecule has 1 aliphatic heterocycles. The molecule has 1 aliphatic rings. The summed E-state index contributed by atoms with van der Waals surface area (Å²) in [5.74, 6) is 1.98. The summed E-state index contributed by atoms with van der Waals surface area (Å²) >= 11 is 0. The van der Waals surface area contributed by atoms with Crippen LogP contribution in [0.3, 0.4) is 0 Å². The predicted molar refractivity (Wildman–Crippen MR) is 110 cm³/mol. The molecule has 2 N–H and O–H groups in total. The summed E-state index contributed by atoms with van der Waals surface area (Å²) in [5.41, 5.74) is 7.59. The second-order valence-electron chi connectivity index (χ2n) is 8.04. The molecule has 0 saturated carbocycles. The zero-order valence-corrected chi connectivity index (χ0v) is 17.1. The molecule has 1 atom stereocenters. The van der Waals surface area contributed by atoms with Crippen LogP contribution in [0.2, 0.25) is 0 Å². The van der Waals surface area contributed by atoms with Crippen molar-refractivity contribution in [2.75, 3.05) is 13.1 Å². The van der Waals surface area contributed by atoms with E-state index in [1.165, 1.54) is 6.20 Å². The first-order chi connectivity index (χ1) is 13.6. The third-order valence-corrected chi connectivity index (χ3v) is 4.71. The average Bonchev–Trinajstić information content (AvgIpc) is 3.23. The Balaban J connectivity index is 2.04. The molecule has 3 rings (SSSR count). The van der Waals surface area contributed by atoms with Gasteiger partial charge in [0, 0.05) is 29.9 Å². The van der Waals surface area contributed by atoms with E-state index in [0.29, 0.717) is 29.9 Å². The Morgan fingerprint density at radius 1 is 1.45 bits per heavy atom. The van der Waals surface area contributed by atoms with Crippen molar-refractivity contribution >= 4 is 28.9 Å². The zero-order valence-electron chi connectivity index (χ0n) is 17.1. The molecule has 8 nitrogen and oxygen atoms in total. The lowest BCUT2D eigenvalue weighted by molar-refractivity contribution is 0.0292. The van der Waals surface area contributed by atoms with Gasteiger partial charge in [0.15, 0.2) is 0 Å². The van der Waals surface area contributed by atoms with Crippen molar-refractivity contribution in [2.24, 2.45) is 16.6 Å². The van der Waals surface area contributed by atoms with E-state index in [0.717, 1.165) is 12.1 Å². The molecule has 2 amide bonds. The van der Waals surface area contributed by atoms with E-state index in [-0.39, 0.29) is 17.6 Å². The number of terminal acetylenes is 1. The normalized spacial score (nSPS) is 18.2. The highest BCUT2D eigenvalue weighted by Gasteiger charge is 2.34. The number of amides is 2. The predicted octanol–water partition coefficient (Wildman–Crippen LogP) is 2.76. The van der Waals surface area contributed by atoms with E-state index in [4.69, 9.17) is 21.9 Å². The summed E-state index contributed by atoms with van der Waals surface area (Å²) in [6.45, 7) is 8.35. The van der Waals surface area contributed by atoms with Gasteiger partial charge in [-0.25, -0.2) is 9.31 Å². The summed E-state index contributed by atoms with van der Waals surface area (Å²) in [6, 6.07) is 1.74. The Morgan fingerprint density at radius 2 is 2.17 bits per heavy atom. The Bertz CT molecular complexity index is 1040. The van der Waals surface area contributed by atoms with Crippen LogP contribution in [0.15, 0.2) is 23.5 Å². The van der Waals surface area contributed by atoms with Crippen molar-refractivity contribution < 1.29 is 14.3 Å². The first kappa shape index (κ1) is 20.4. The van der Waals surface area contributed by atoms with Gasteiger partial charge in [-0.1, -0.05) is 12.8 Å². The molecule has 0 radical (unpaired) electrons. The Hall–Kier alpha value is -3.34. The quantitative estimate of drug-likeness (QED) is 0.807.